The third kappa shape index (κ3) is 7.88. The zero-order valence-corrected chi connectivity index (χ0v) is 24.4. The number of halogens is 1. The molecule has 0 saturated heterocycles. The van der Waals surface area contributed by atoms with E-state index in [4.69, 9.17) is 16.3 Å². The number of anilines is 1. The lowest BCUT2D eigenvalue weighted by Gasteiger charge is -2.34. The Balaban J connectivity index is 1.47. The second kappa shape index (κ2) is 12.8. The van der Waals surface area contributed by atoms with Gasteiger partial charge in [-0.25, -0.2) is 4.79 Å². The van der Waals surface area contributed by atoms with Gasteiger partial charge in [-0.1, -0.05) is 35.9 Å². The molecule has 0 aliphatic heterocycles. The SMILES string of the molecule is Cn1ccc2cc(C(=O)Nc3ccc(C[C@@H](CO)N(C[C@H](O)c4cccc(Cl)c4)C(=O)OC(C)(C)C)cc3)ccc21. The number of aromatic nitrogens is 1. The number of nitrogens with one attached hydrogen (secondary N) is 1. The van der Waals surface area contributed by atoms with Gasteiger partial charge in [-0.3, -0.25) is 9.69 Å². The Bertz CT molecular complexity index is 1510. The lowest BCUT2D eigenvalue weighted by molar-refractivity contribution is -0.00373. The highest BCUT2D eigenvalue weighted by atomic mass is 35.5. The van der Waals surface area contributed by atoms with Crippen LogP contribution in [-0.2, 0) is 18.2 Å². The smallest absolute Gasteiger partial charge is 0.410 e. The fraction of sp³-hybridized carbons (Fsp3) is 0.312. The molecule has 1 aromatic heterocycles. The van der Waals surface area contributed by atoms with Crippen molar-refractivity contribution < 1.29 is 24.5 Å². The van der Waals surface area contributed by atoms with E-state index in [1.165, 1.54) is 4.90 Å². The van der Waals surface area contributed by atoms with Crippen molar-refractivity contribution in [2.75, 3.05) is 18.5 Å². The second-order valence-electron chi connectivity index (χ2n) is 11.1. The number of carbonyl (C=O) groups excluding carboxylic acids is 2. The van der Waals surface area contributed by atoms with Gasteiger partial charge in [0.2, 0.25) is 0 Å². The molecule has 4 rings (SSSR count). The van der Waals surface area contributed by atoms with Crippen LogP contribution in [0.25, 0.3) is 10.9 Å². The first-order valence-corrected chi connectivity index (χ1v) is 13.8. The van der Waals surface area contributed by atoms with Crippen LogP contribution in [0, 0.1) is 0 Å². The van der Waals surface area contributed by atoms with Gasteiger partial charge < -0.3 is 24.8 Å². The molecule has 0 fully saturated rings. The van der Waals surface area contributed by atoms with Gasteiger partial charge in [0.05, 0.1) is 25.3 Å². The van der Waals surface area contributed by atoms with Crippen LogP contribution >= 0.6 is 11.6 Å². The molecule has 0 radical (unpaired) electrons. The van der Waals surface area contributed by atoms with Crippen molar-refractivity contribution >= 4 is 40.2 Å². The zero-order chi connectivity index (χ0) is 29.7. The van der Waals surface area contributed by atoms with Crippen LogP contribution in [0.15, 0.2) is 79.0 Å². The lowest BCUT2D eigenvalue weighted by atomic mass is 10.0. The Morgan fingerprint density at radius 2 is 1.78 bits per heavy atom. The normalized spacial score (nSPS) is 13.0. The first-order chi connectivity index (χ1) is 19.4. The van der Waals surface area contributed by atoms with E-state index < -0.39 is 23.8 Å². The summed E-state index contributed by atoms with van der Waals surface area (Å²) in [6.45, 7) is 4.84. The first-order valence-electron chi connectivity index (χ1n) is 13.4. The highest BCUT2D eigenvalue weighted by Crippen LogP contribution is 2.23. The van der Waals surface area contributed by atoms with Crippen LogP contribution in [0.5, 0.6) is 0 Å². The number of hydrogen-bond donors (Lipinski definition) is 3. The molecular formula is C32H36ClN3O5. The number of aliphatic hydroxyl groups is 2. The largest absolute Gasteiger partial charge is 0.444 e. The number of fused-ring (bicyclic) bond motifs is 1. The van der Waals surface area contributed by atoms with E-state index in [1.807, 2.05) is 48.1 Å². The maximum absolute atomic E-state index is 13.2. The van der Waals surface area contributed by atoms with Gasteiger partial charge in [0, 0.05) is 40.4 Å². The summed E-state index contributed by atoms with van der Waals surface area (Å²) in [6.07, 6.45) is 0.573. The minimum atomic E-state index is -1.04. The van der Waals surface area contributed by atoms with Crippen molar-refractivity contribution in [3.63, 3.8) is 0 Å². The summed E-state index contributed by atoms with van der Waals surface area (Å²) >= 11 is 6.09. The molecule has 8 nitrogen and oxygen atoms in total. The van der Waals surface area contributed by atoms with Crippen LogP contribution in [0.3, 0.4) is 0 Å². The third-order valence-corrected chi connectivity index (χ3v) is 6.95. The van der Waals surface area contributed by atoms with Crippen molar-refractivity contribution in [1.29, 1.82) is 0 Å². The fourth-order valence-electron chi connectivity index (χ4n) is 4.59. The molecule has 0 aliphatic carbocycles. The summed E-state index contributed by atoms with van der Waals surface area (Å²) in [7, 11) is 1.96. The zero-order valence-electron chi connectivity index (χ0n) is 23.7. The number of nitrogens with zero attached hydrogens (tertiary/aromatic N) is 2. The van der Waals surface area contributed by atoms with Gasteiger partial charge in [0.15, 0.2) is 0 Å². The number of aryl methyl sites for hydroxylation is 1. The maximum atomic E-state index is 13.2. The Kier molecular flexibility index (Phi) is 9.38. The summed E-state index contributed by atoms with van der Waals surface area (Å²) in [5, 5.41) is 25.6. The Hall–Kier alpha value is -3.85. The Labute approximate surface area is 245 Å². The number of aliphatic hydroxyl groups excluding tert-OH is 2. The molecule has 0 aliphatic rings. The number of benzene rings is 3. The van der Waals surface area contributed by atoms with Crippen molar-refractivity contribution in [2.45, 2.75) is 44.9 Å². The average molecular weight is 578 g/mol. The molecule has 2 amide bonds. The van der Waals surface area contributed by atoms with Gasteiger partial charge in [0.25, 0.3) is 5.91 Å². The molecule has 1 heterocycles. The van der Waals surface area contributed by atoms with Crippen LogP contribution in [0.4, 0.5) is 10.5 Å². The van der Waals surface area contributed by atoms with E-state index in [9.17, 15) is 19.8 Å². The third-order valence-electron chi connectivity index (χ3n) is 6.71. The van der Waals surface area contributed by atoms with E-state index in [-0.39, 0.29) is 19.1 Å². The average Bonchev–Trinajstić information content (AvgIpc) is 3.30. The molecule has 41 heavy (non-hydrogen) atoms. The Morgan fingerprint density at radius 1 is 1.05 bits per heavy atom. The predicted molar refractivity (Wildman–Crippen MR) is 161 cm³/mol. The van der Waals surface area contributed by atoms with Crippen LogP contribution < -0.4 is 5.32 Å². The summed E-state index contributed by atoms with van der Waals surface area (Å²) in [5.74, 6) is -0.220. The van der Waals surface area contributed by atoms with Crippen molar-refractivity contribution in [2.24, 2.45) is 7.05 Å². The molecule has 0 spiro atoms. The summed E-state index contributed by atoms with van der Waals surface area (Å²) in [6, 6.07) is 20.9. The summed E-state index contributed by atoms with van der Waals surface area (Å²) in [4.78, 5) is 27.4. The predicted octanol–water partition coefficient (Wildman–Crippen LogP) is 5.96. The minimum absolute atomic E-state index is 0.0968. The van der Waals surface area contributed by atoms with E-state index in [0.717, 1.165) is 16.5 Å². The number of hydrogen-bond acceptors (Lipinski definition) is 5. The number of rotatable bonds is 9. The number of carbonyl (C=O) groups is 2. The molecule has 2 atom stereocenters. The number of amides is 2. The topological polar surface area (TPSA) is 104 Å². The van der Waals surface area contributed by atoms with E-state index >= 15 is 0 Å². The summed E-state index contributed by atoms with van der Waals surface area (Å²) in [5.41, 5.74) is 2.84. The molecule has 9 heteroatoms. The van der Waals surface area contributed by atoms with E-state index in [2.05, 4.69) is 5.32 Å². The molecule has 0 unspecified atom stereocenters. The molecule has 4 aromatic rings. The van der Waals surface area contributed by atoms with Crippen molar-refractivity contribution in [3.8, 4) is 0 Å². The first kappa shape index (κ1) is 30.1. The van der Waals surface area contributed by atoms with E-state index in [0.29, 0.717) is 28.3 Å². The molecular weight excluding hydrogens is 542 g/mol. The van der Waals surface area contributed by atoms with Gasteiger partial charge in [-0.05, 0) is 86.8 Å². The van der Waals surface area contributed by atoms with Gasteiger partial charge in [-0.2, -0.15) is 0 Å². The molecule has 3 aromatic carbocycles. The van der Waals surface area contributed by atoms with Crippen LogP contribution in [0.1, 0.15) is 48.4 Å². The quantitative estimate of drug-likeness (QED) is 0.228. The molecule has 0 bridgehead atoms. The molecule has 3 N–H and O–H groups in total. The summed E-state index contributed by atoms with van der Waals surface area (Å²) < 4.78 is 7.60. The highest BCUT2D eigenvalue weighted by molar-refractivity contribution is 6.30. The lowest BCUT2D eigenvalue weighted by Crippen LogP contribution is -2.48. The maximum Gasteiger partial charge on any atom is 0.410 e. The standard InChI is InChI=1S/C32H36ClN3O5/c1-32(2,3)41-31(40)36(19-29(38)23-6-5-7-25(33)18-23)27(20-37)16-21-8-11-26(12-9-21)34-30(39)24-10-13-28-22(17-24)14-15-35(28)4/h5-15,17-18,27,29,37-38H,16,19-20H2,1-4H3,(H,34,39)/t27-,29-/m0/s1. The minimum Gasteiger partial charge on any atom is -0.444 e. The van der Waals surface area contributed by atoms with Crippen molar-refractivity contribution in [1.82, 2.24) is 9.47 Å². The van der Waals surface area contributed by atoms with Gasteiger partial charge in [-0.15, -0.1) is 0 Å². The number of ether oxygens (including phenoxy) is 1. The fourth-order valence-corrected chi connectivity index (χ4v) is 4.79. The van der Waals surface area contributed by atoms with Gasteiger partial charge >= 0.3 is 6.09 Å². The highest BCUT2D eigenvalue weighted by Gasteiger charge is 2.30. The molecule has 0 saturated carbocycles. The van der Waals surface area contributed by atoms with Crippen LogP contribution in [-0.4, -0.2) is 56.5 Å². The Morgan fingerprint density at radius 3 is 2.44 bits per heavy atom. The van der Waals surface area contributed by atoms with E-state index in [1.54, 1.807) is 63.2 Å². The second-order valence-corrected chi connectivity index (χ2v) is 11.5. The molecule has 216 valence electrons. The monoisotopic (exact) mass is 577 g/mol. The van der Waals surface area contributed by atoms with Crippen LogP contribution in [0.2, 0.25) is 5.02 Å². The van der Waals surface area contributed by atoms with Gasteiger partial charge in [0.1, 0.15) is 5.60 Å². The van der Waals surface area contributed by atoms with Crippen molar-refractivity contribution in [3.05, 3.63) is 101 Å².